The number of nitrogens with zero attached hydrogens (tertiary/aromatic N) is 1. The van der Waals surface area contributed by atoms with Gasteiger partial charge < -0.3 is 4.74 Å². The van der Waals surface area contributed by atoms with Gasteiger partial charge >= 0.3 is 6.18 Å². The van der Waals surface area contributed by atoms with Gasteiger partial charge in [0.15, 0.2) is 6.61 Å². The van der Waals surface area contributed by atoms with E-state index in [2.05, 4.69) is 9.58 Å². The Hall–Kier alpha value is -1.70. The van der Waals surface area contributed by atoms with Crippen molar-refractivity contribution in [2.75, 3.05) is 6.61 Å². The molecule has 0 spiro atoms. The highest BCUT2D eigenvalue weighted by Crippen LogP contribution is 2.29. The monoisotopic (exact) mass is 215 g/mol. The molecule has 0 aliphatic heterocycles. The van der Waals surface area contributed by atoms with E-state index >= 15 is 0 Å². The number of aryl methyl sites for hydroxylation is 1. The largest absolute Gasteiger partial charge is 0.495 e. The SMILES string of the molecule is [C-]#[N+]c1ccc(C)cc1OCC(F)(F)F. The van der Waals surface area contributed by atoms with E-state index in [0.717, 1.165) is 5.56 Å². The lowest BCUT2D eigenvalue weighted by atomic mass is 10.2. The summed E-state index contributed by atoms with van der Waals surface area (Å²) in [7, 11) is 0. The Labute approximate surface area is 85.1 Å². The molecule has 0 fully saturated rings. The summed E-state index contributed by atoms with van der Waals surface area (Å²) >= 11 is 0. The van der Waals surface area contributed by atoms with Gasteiger partial charge in [-0.25, -0.2) is 4.85 Å². The maximum Gasteiger partial charge on any atom is 0.422 e. The van der Waals surface area contributed by atoms with Crippen molar-refractivity contribution in [2.45, 2.75) is 13.1 Å². The number of alkyl halides is 3. The molecule has 0 aliphatic rings. The number of benzene rings is 1. The van der Waals surface area contributed by atoms with Crippen molar-refractivity contribution in [3.05, 3.63) is 35.2 Å². The van der Waals surface area contributed by atoms with Crippen molar-refractivity contribution in [2.24, 2.45) is 0 Å². The second-order valence-electron chi connectivity index (χ2n) is 2.99. The standard InChI is InChI=1S/C10H8F3NO/c1-7-3-4-8(14-2)9(5-7)15-6-10(11,12)13/h3-5H,6H2,1H3. The predicted molar refractivity (Wildman–Crippen MR) is 49.0 cm³/mol. The molecule has 0 unspecified atom stereocenters. The van der Waals surface area contributed by atoms with E-state index in [-0.39, 0.29) is 11.4 Å². The molecule has 0 heterocycles. The molecule has 0 radical (unpaired) electrons. The van der Waals surface area contributed by atoms with Gasteiger partial charge in [-0.2, -0.15) is 13.2 Å². The molecular weight excluding hydrogens is 207 g/mol. The minimum atomic E-state index is -4.39. The normalized spacial score (nSPS) is 10.9. The molecule has 1 aromatic rings. The number of halogens is 3. The van der Waals surface area contributed by atoms with Crippen molar-refractivity contribution in [3.8, 4) is 5.75 Å². The Balaban J connectivity index is 2.85. The summed E-state index contributed by atoms with van der Waals surface area (Å²) in [5.74, 6) is -0.0256. The fourth-order valence-corrected chi connectivity index (χ4v) is 0.989. The molecule has 5 heteroatoms. The minimum Gasteiger partial charge on any atom is -0.495 e. The summed E-state index contributed by atoms with van der Waals surface area (Å²) in [4.78, 5) is 3.07. The van der Waals surface area contributed by atoms with Crippen LogP contribution in [0, 0.1) is 13.5 Å². The van der Waals surface area contributed by atoms with Crippen LogP contribution in [-0.2, 0) is 0 Å². The predicted octanol–water partition coefficient (Wildman–Crippen LogP) is 3.49. The quantitative estimate of drug-likeness (QED) is 0.688. The molecule has 0 atom stereocenters. The first-order valence-corrected chi connectivity index (χ1v) is 4.10. The zero-order valence-electron chi connectivity index (χ0n) is 7.93. The molecule has 0 amide bonds. The summed E-state index contributed by atoms with van der Waals surface area (Å²) < 4.78 is 40.2. The molecule has 80 valence electrons. The summed E-state index contributed by atoms with van der Waals surface area (Å²) in [6.07, 6.45) is -4.39. The van der Waals surface area contributed by atoms with E-state index in [1.807, 2.05) is 0 Å². The van der Waals surface area contributed by atoms with Gasteiger partial charge in [-0.15, -0.1) is 0 Å². The number of hydrogen-bond acceptors (Lipinski definition) is 1. The maximum atomic E-state index is 11.9. The molecule has 0 aliphatic carbocycles. The Morgan fingerprint density at radius 1 is 1.40 bits per heavy atom. The molecular formula is C10H8F3NO. The smallest absolute Gasteiger partial charge is 0.422 e. The lowest BCUT2D eigenvalue weighted by Crippen LogP contribution is -2.19. The van der Waals surface area contributed by atoms with Crippen LogP contribution >= 0.6 is 0 Å². The van der Waals surface area contributed by atoms with E-state index in [1.54, 1.807) is 13.0 Å². The van der Waals surface area contributed by atoms with Crippen LogP contribution in [-0.4, -0.2) is 12.8 Å². The van der Waals surface area contributed by atoms with E-state index in [1.165, 1.54) is 12.1 Å². The Morgan fingerprint density at radius 2 is 2.07 bits per heavy atom. The van der Waals surface area contributed by atoms with Gasteiger partial charge in [0, 0.05) is 0 Å². The van der Waals surface area contributed by atoms with Crippen LogP contribution in [0.3, 0.4) is 0 Å². The summed E-state index contributed by atoms with van der Waals surface area (Å²) in [5, 5.41) is 0. The first-order chi connectivity index (χ1) is 6.92. The van der Waals surface area contributed by atoms with Gasteiger partial charge in [0.2, 0.25) is 5.69 Å². The van der Waals surface area contributed by atoms with Gasteiger partial charge in [-0.3, -0.25) is 0 Å². The van der Waals surface area contributed by atoms with Gasteiger partial charge in [0.25, 0.3) is 0 Å². The van der Waals surface area contributed by atoms with E-state index in [4.69, 9.17) is 6.57 Å². The zero-order chi connectivity index (χ0) is 11.5. The fraction of sp³-hybridized carbons (Fsp3) is 0.300. The molecule has 0 bridgehead atoms. The third kappa shape index (κ3) is 3.50. The summed E-state index contributed by atoms with van der Waals surface area (Å²) in [5.41, 5.74) is 0.837. The first kappa shape index (κ1) is 11.4. The van der Waals surface area contributed by atoms with Crippen LogP contribution in [0.1, 0.15) is 5.56 Å². The Kier molecular flexibility index (Phi) is 3.20. The molecule has 1 aromatic carbocycles. The lowest BCUT2D eigenvalue weighted by Gasteiger charge is -2.10. The highest BCUT2D eigenvalue weighted by Gasteiger charge is 2.28. The van der Waals surface area contributed by atoms with Crippen molar-refractivity contribution in [1.82, 2.24) is 0 Å². The molecule has 1 rings (SSSR count). The molecule has 15 heavy (non-hydrogen) atoms. The van der Waals surface area contributed by atoms with Crippen LogP contribution in [0.2, 0.25) is 0 Å². The fourth-order valence-electron chi connectivity index (χ4n) is 0.989. The van der Waals surface area contributed by atoms with Gasteiger partial charge in [0.1, 0.15) is 5.75 Å². The molecule has 0 aromatic heterocycles. The molecule has 0 saturated carbocycles. The Morgan fingerprint density at radius 3 is 2.60 bits per heavy atom. The highest BCUT2D eigenvalue weighted by molar-refractivity contribution is 5.58. The van der Waals surface area contributed by atoms with E-state index < -0.39 is 12.8 Å². The highest BCUT2D eigenvalue weighted by atomic mass is 19.4. The average Bonchev–Trinajstić information content (AvgIpc) is 2.14. The Bertz CT molecular complexity index is 393. The van der Waals surface area contributed by atoms with Crippen molar-refractivity contribution in [3.63, 3.8) is 0 Å². The van der Waals surface area contributed by atoms with Gasteiger partial charge in [0.05, 0.1) is 6.57 Å². The van der Waals surface area contributed by atoms with E-state index in [0.29, 0.717) is 0 Å². The van der Waals surface area contributed by atoms with Crippen molar-refractivity contribution in [1.29, 1.82) is 0 Å². The van der Waals surface area contributed by atoms with Crippen LogP contribution in [0.25, 0.3) is 4.85 Å². The van der Waals surface area contributed by atoms with Crippen LogP contribution in [0.15, 0.2) is 18.2 Å². The van der Waals surface area contributed by atoms with Gasteiger partial charge in [-0.05, 0) is 13.0 Å². The maximum absolute atomic E-state index is 11.9. The van der Waals surface area contributed by atoms with Crippen LogP contribution in [0.4, 0.5) is 18.9 Å². The summed E-state index contributed by atoms with van der Waals surface area (Å²) in [6.45, 7) is 7.09. The second kappa shape index (κ2) is 4.22. The number of ether oxygens (including phenoxy) is 1. The van der Waals surface area contributed by atoms with Crippen molar-refractivity contribution >= 4 is 5.69 Å². The number of hydrogen-bond donors (Lipinski definition) is 0. The van der Waals surface area contributed by atoms with E-state index in [9.17, 15) is 13.2 Å². The molecule has 0 N–H and O–H groups in total. The second-order valence-corrected chi connectivity index (χ2v) is 2.99. The van der Waals surface area contributed by atoms with Crippen LogP contribution < -0.4 is 4.74 Å². The minimum absolute atomic E-state index is 0.0256. The first-order valence-electron chi connectivity index (χ1n) is 4.10. The summed E-state index contributed by atoms with van der Waals surface area (Å²) in [6, 6.07) is 4.50. The molecule has 2 nitrogen and oxygen atoms in total. The third-order valence-corrected chi connectivity index (χ3v) is 1.63. The third-order valence-electron chi connectivity index (χ3n) is 1.63. The lowest BCUT2D eigenvalue weighted by molar-refractivity contribution is -0.153. The molecule has 0 saturated heterocycles. The van der Waals surface area contributed by atoms with Crippen LogP contribution in [0.5, 0.6) is 5.75 Å². The topological polar surface area (TPSA) is 13.6 Å². The van der Waals surface area contributed by atoms with Crippen molar-refractivity contribution < 1.29 is 17.9 Å². The zero-order valence-corrected chi connectivity index (χ0v) is 7.93. The van der Waals surface area contributed by atoms with Gasteiger partial charge in [-0.1, -0.05) is 17.7 Å². The average molecular weight is 215 g/mol. The number of rotatable bonds is 2.